The van der Waals surface area contributed by atoms with E-state index in [2.05, 4.69) is 21.2 Å². The van der Waals surface area contributed by atoms with E-state index in [1.165, 1.54) is 19.3 Å². The average molecular weight is 232 g/mol. The molecule has 1 aromatic rings. The van der Waals surface area contributed by atoms with Gasteiger partial charge in [0.2, 0.25) is 0 Å². The van der Waals surface area contributed by atoms with E-state index in [1.54, 1.807) is 0 Å². The van der Waals surface area contributed by atoms with Gasteiger partial charge < -0.3 is 10.6 Å². The maximum atomic E-state index is 6.22. The van der Waals surface area contributed by atoms with E-state index in [1.807, 2.05) is 13.0 Å². The number of nitrogens with zero attached hydrogens (tertiary/aromatic N) is 3. The SMILES string of the molecule is Cc1ccc(N2CC3CCCC(N)C3C2)nn1. The van der Waals surface area contributed by atoms with Crippen LogP contribution in [0.25, 0.3) is 0 Å². The minimum Gasteiger partial charge on any atom is -0.354 e. The summed E-state index contributed by atoms with van der Waals surface area (Å²) in [5.41, 5.74) is 7.20. The summed E-state index contributed by atoms with van der Waals surface area (Å²) in [6.07, 6.45) is 3.80. The number of anilines is 1. The summed E-state index contributed by atoms with van der Waals surface area (Å²) in [7, 11) is 0. The maximum Gasteiger partial charge on any atom is 0.151 e. The zero-order valence-electron chi connectivity index (χ0n) is 10.3. The van der Waals surface area contributed by atoms with Crippen molar-refractivity contribution in [3.8, 4) is 0 Å². The summed E-state index contributed by atoms with van der Waals surface area (Å²) >= 11 is 0. The van der Waals surface area contributed by atoms with Crippen molar-refractivity contribution < 1.29 is 0 Å². The lowest BCUT2D eigenvalue weighted by Gasteiger charge is -2.29. The molecule has 0 spiro atoms. The van der Waals surface area contributed by atoms with Crippen LogP contribution in [0.15, 0.2) is 12.1 Å². The number of hydrogen-bond acceptors (Lipinski definition) is 4. The second-order valence-electron chi connectivity index (χ2n) is 5.46. The Balaban J connectivity index is 1.76. The van der Waals surface area contributed by atoms with Crippen LogP contribution in [0.3, 0.4) is 0 Å². The van der Waals surface area contributed by atoms with Gasteiger partial charge in [0.1, 0.15) is 0 Å². The lowest BCUT2D eigenvalue weighted by molar-refractivity contribution is 0.260. The first-order valence-corrected chi connectivity index (χ1v) is 6.55. The molecule has 1 saturated heterocycles. The number of nitrogens with two attached hydrogens (primary N) is 1. The molecule has 0 aromatic carbocycles. The van der Waals surface area contributed by atoms with E-state index in [9.17, 15) is 0 Å². The zero-order chi connectivity index (χ0) is 11.8. The molecule has 2 heterocycles. The predicted octanol–water partition coefficient (Wildman–Crippen LogP) is 1.35. The van der Waals surface area contributed by atoms with E-state index in [4.69, 9.17) is 5.73 Å². The van der Waals surface area contributed by atoms with Crippen LogP contribution in [0.5, 0.6) is 0 Å². The molecular formula is C13H20N4. The molecule has 0 radical (unpaired) electrons. The minimum atomic E-state index is 0.386. The van der Waals surface area contributed by atoms with Gasteiger partial charge in [0.15, 0.2) is 5.82 Å². The van der Waals surface area contributed by atoms with Crippen molar-refractivity contribution in [3.63, 3.8) is 0 Å². The Bertz CT molecular complexity index is 389. The monoisotopic (exact) mass is 232 g/mol. The summed E-state index contributed by atoms with van der Waals surface area (Å²) in [6.45, 7) is 4.14. The molecule has 1 saturated carbocycles. The first kappa shape index (κ1) is 11.0. The van der Waals surface area contributed by atoms with Crippen LogP contribution in [0.1, 0.15) is 25.0 Å². The summed E-state index contributed by atoms with van der Waals surface area (Å²) in [4.78, 5) is 2.35. The van der Waals surface area contributed by atoms with E-state index in [0.717, 1.165) is 30.5 Å². The summed E-state index contributed by atoms with van der Waals surface area (Å²) in [5.74, 6) is 2.44. The molecule has 0 amide bonds. The number of aromatic nitrogens is 2. The topological polar surface area (TPSA) is 55.0 Å². The van der Waals surface area contributed by atoms with Gasteiger partial charge in [0.05, 0.1) is 5.69 Å². The highest BCUT2D eigenvalue weighted by atomic mass is 15.3. The van der Waals surface area contributed by atoms with Crippen LogP contribution in [0, 0.1) is 18.8 Å². The van der Waals surface area contributed by atoms with Crippen LogP contribution in [0.4, 0.5) is 5.82 Å². The van der Waals surface area contributed by atoms with Crippen molar-refractivity contribution in [2.75, 3.05) is 18.0 Å². The fourth-order valence-corrected chi connectivity index (χ4v) is 3.26. The Labute approximate surface area is 102 Å². The Hall–Kier alpha value is -1.16. The second kappa shape index (κ2) is 4.26. The van der Waals surface area contributed by atoms with Crippen LogP contribution in [-0.4, -0.2) is 29.3 Å². The first-order valence-electron chi connectivity index (χ1n) is 6.55. The van der Waals surface area contributed by atoms with E-state index in [-0.39, 0.29) is 0 Å². The Morgan fingerprint density at radius 2 is 2.12 bits per heavy atom. The van der Waals surface area contributed by atoms with Gasteiger partial charge in [-0.2, -0.15) is 5.10 Å². The molecule has 17 heavy (non-hydrogen) atoms. The fraction of sp³-hybridized carbons (Fsp3) is 0.692. The third kappa shape index (κ3) is 2.02. The minimum absolute atomic E-state index is 0.386. The summed E-state index contributed by atoms with van der Waals surface area (Å²) < 4.78 is 0. The van der Waals surface area contributed by atoms with Crippen LogP contribution in [0.2, 0.25) is 0 Å². The third-order valence-corrected chi connectivity index (χ3v) is 4.26. The standard InChI is InChI=1S/C13H20N4/c1-9-5-6-13(16-15-9)17-7-10-3-2-4-12(14)11(10)8-17/h5-6,10-12H,2-4,7-8,14H2,1H3. The third-order valence-electron chi connectivity index (χ3n) is 4.26. The van der Waals surface area contributed by atoms with Gasteiger partial charge in [0, 0.05) is 19.1 Å². The fourth-order valence-electron chi connectivity index (χ4n) is 3.26. The highest BCUT2D eigenvalue weighted by Gasteiger charge is 2.39. The molecule has 3 unspecified atom stereocenters. The number of fused-ring (bicyclic) bond motifs is 1. The lowest BCUT2D eigenvalue weighted by atomic mass is 9.78. The molecule has 1 aromatic heterocycles. The highest BCUT2D eigenvalue weighted by Crippen LogP contribution is 2.36. The predicted molar refractivity (Wildman–Crippen MR) is 67.8 cm³/mol. The first-order chi connectivity index (χ1) is 8.24. The van der Waals surface area contributed by atoms with Gasteiger partial charge in [0.25, 0.3) is 0 Å². The molecule has 3 rings (SSSR count). The van der Waals surface area contributed by atoms with Gasteiger partial charge in [-0.25, -0.2) is 0 Å². The number of aryl methyl sites for hydroxylation is 1. The molecule has 1 aliphatic carbocycles. The number of rotatable bonds is 1. The van der Waals surface area contributed by atoms with Crippen LogP contribution >= 0.6 is 0 Å². The van der Waals surface area contributed by atoms with Crippen molar-refractivity contribution in [1.29, 1.82) is 0 Å². The van der Waals surface area contributed by atoms with Gasteiger partial charge in [-0.05, 0) is 43.7 Å². The molecule has 4 nitrogen and oxygen atoms in total. The lowest BCUT2D eigenvalue weighted by Crippen LogP contribution is -2.38. The Kier molecular flexibility index (Phi) is 2.74. The van der Waals surface area contributed by atoms with E-state index < -0.39 is 0 Å². The average Bonchev–Trinajstić information content (AvgIpc) is 2.75. The summed E-state index contributed by atoms with van der Waals surface area (Å²) in [6, 6.07) is 4.49. The normalized spacial score (nSPS) is 32.6. The van der Waals surface area contributed by atoms with Gasteiger partial charge in [-0.15, -0.1) is 5.10 Å². The van der Waals surface area contributed by atoms with Gasteiger partial charge in [-0.3, -0.25) is 0 Å². The molecule has 2 fully saturated rings. The molecular weight excluding hydrogens is 212 g/mol. The van der Waals surface area contributed by atoms with Crippen molar-refractivity contribution in [2.24, 2.45) is 17.6 Å². The molecule has 0 bridgehead atoms. The molecule has 3 atom stereocenters. The zero-order valence-corrected chi connectivity index (χ0v) is 10.3. The summed E-state index contributed by atoms with van der Waals surface area (Å²) in [5, 5.41) is 8.42. The maximum absolute atomic E-state index is 6.22. The Morgan fingerprint density at radius 1 is 1.24 bits per heavy atom. The second-order valence-corrected chi connectivity index (χ2v) is 5.46. The van der Waals surface area contributed by atoms with Crippen molar-refractivity contribution in [3.05, 3.63) is 17.8 Å². The largest absolute Gasteiger partial charge is 0.354 e. The smallest absolute Gasteiger partial charge is 0.151 e. The molecule has 1 aliphatic heterocycles. The van der Waals surface area contributed by atoms with E-state index in [0.29, 0.717) is 12.0 Å². The quantitative estimate of drug-likeness (QED) is 0.794. The van der Waals surface area contributed by atoms with Crippen molar-refractivity contribution in [2.45, 2.75) is 32.2 Å². The van der Waals surface area contributed by atoms with Crippen molar-refractivity contribution in [1.82, 2.24) is 10.2 Å². The molecule has 2 N–H and O–H groups in total. The van der Waals surface area contributed by atoms with Gasteiger partial charge >= 0.3 is 0 Å². The van der Waals surface area contributed by atoms with Crippen LogP contribution in [-0.2, 0) is 0 Å². The number of hydrogen-bond donors (Lipinski definition) is 1. The molecule has 92 valence electrons. The molecule has 2 aliphatic rings. The Morgan fingerprint density at radius 3 is 2.82 bits per heavy atom. The van der Waals surface area contributed by atoms with Gasteiger partial charge in [-0.1, -0.05) is 6.42 Å². The van der Waals surface area contributed by atoms with E-state index >= 15 is 0 Å². The van der Waals surface area contributed by atoms with Crippen LogP contribution < -0.4 is 10.6 Å². The highest BCUT2D eigenvalue weighted by molar-refractivity contribution is 5.39. The van der Waals surface area contributed by atoms with Crippen molar-refractivity contribution >= 4 is 5.82 Å². The molecule has 4 heteroatoms.